The van der Waals surface area contributed by atoms with E-state index in [1.54, 1.807) is 23.9 Å². The van der Waals surface area contributed by atoms with E-state index in [0.717, 1.165) is 11.1 Å². The molecule has 0 amide bonds. The topological polar surface area (TPSA) is 29.5 Å². The monoisotopic (exact) mass is 306 g/mol. The Balaban J connectivity index is 1.88. The SMILES string of the molecule is CSc1ccc(C2CC(O)c3cc(Cl)ccc3O2)cc1. The van der Waals surface area contributed by atoms with Crippen LogP contribution in [-0.4, -0.2) is 11.4 Å². The Morgan fingerprint density at radius 2 is 1.95 bits per heavy atom. The van der Waals surface area contributed by atoms with Gasteiger partial charge in [-0.3, -0.25) is 0 Å². The minimum absolute atomic E-state index is 0.116. The molecule has 0 aliphatic carbocycles. The molecule has 0 saturated heterocycles. The van der Waals surface area contributed by atoms with E-state index in [-0.39, 0.29) is 6.10 Å². The van der Waals surface area contributed by atoms with Crippen LogP contribution in [0.2, 0.25) is 5.02 Å². The smallest absolute Gasteiger partial charge is 0.127 e. The first-order valence-electron chi connectivity index (χ1n) is 6.45. The number of fused-ring (bicyclic) bond motifs is 1. The van der Waals surface area contributed by atoms with Crippen LogP contribution in [0.15, 0.2) is 47.4 Å². The summed E-state index contributed by atoms with van der Waals surface area (Å²) < 4.78 is 5.99. The van der Waals surface area contributed by atoms with Gasteiger partial charge in [0, 0.05) is 21.9 Å². The number of hydrogen-bond acceptors (Lipinski definition) is 3. The molecule has 1 aliphatic heterocycles. The maximum Gasteiger partial charge on any atom is 0.127 e. The van der Waals surface area contributed by atoms with E-state index in [4.69, 9.17) is 16.3 Å². The first-order chi connectivity index (χ1) is 9.67. The van der Waals surface area contributed by atoms with Crippen LogP contribution in [0, 0.1) is 0 Å². The minimum atomic E-state index is -0.539. The molecule has 1 aliphatic rings. The van der Waals surface area contributed by atoms with Crippen molar-refractivity contribution in [1.29, 1.82) is 0 Å². The van der Waals surface area contributed by atoms with E-state index in [2.05, 4.69) is 30.5 Å². The van der Waals surface area contributed by atoms with Crippen molar-refractivity contribution in [3.8, 4) is 5.75 Å². The van der Waals surface area contributed by atoms with Crippen LogP contribution >= 0.6 is 23.4 Å². The van der Waals surface area contributed by atoms with Crippen LogP contribution in [0.1, 0.15) is 29.8 Å². The van der Waals surface area contributed by atoms with E-state index in [1.165, 1.54) is 4.90 Å². The summed E-state index contributed by atoms with van der Waals surface area (Å²) in [7, 11) is 0. The predicted octanol–water partition coefficient (Wildman–Crippen LogP) is 4.62. The van der Waals surface area contributed by atoms with E-state index < -0.39 is 6.10 Å². The summed E-state index contributed by atoms with van der Waals surface area (Å²) >= 11 is 7.67. The summed E-state index contributed by atoms with van der Waals surface area (Å²) in [4.78, 5) is 1.22. The number of ether oxygens (including phenoxy) is 1. The zero-order chi connectivity index (χ0) is 14.1. The van der Waals surface area contributed by atoms with Gasteiger partial charge in [-0.05, 0) is 42.2 Å². The molecule has 20 heavy (non-hydrogen) atoms. The van der Waals surface area contributed by atoms with Gasteiger partial charge in [-0.1, -0.05) is 23.7 Å². The minimum Gasteiger partial charge on any atom is -0.485 e. The highest BCUT2D eigenvalue weighted by Crippen LogP contribution is 2.41. The van der Waals surface area contributed by atoms with Crippen molar-refractivity contribution in [2.45, 2.75) is 23.5 Å². The molecule has 2 unspecified atom stereocenters. The molecule has 0 bridgehead atoms. The molecule has 104 valence electrons. The van der Waals surface area contributed by atoms with Crippen molar-refractivity contribution in [1.82, 2.24) is 0 Å². The summed E-state index contributed by atoms with van der Waals surface area (Å²) in [5, 5.41) is 10.9. The number of hydrogen-bond donors (Lipinski definition) is 1. The van der Waals surface area contributed by atoms with Gasteiger partial charge in [0.25, 0.3) is 0 Å². The Kier molecular flexibility index (Phi) is 3.92. The second-order valence-electron chi connectivity index (χ2n) is 4.81. The molecule has 0 saturated carbocycles. The highest BCUT2D eigenvalue weighted by Gasteiger charge is 2.28. The van der Waals surface area contributed by atoms with Gasteiger partial charge in [0.15, 0.2) is 0 Å². The molecule has 1 heterocycles. The maximum atomic E-state index is 10.3. The van der Waals surface area contributed by atoms with Crippen LogP contribution < -0.4 is 4.74 Å². The third-order valence-corrected chi connectivity index (χ3v) is 4.50. The average Bonchev–Trinajstić information content (AvgIpc) is 2.48. The fourth-order valence-corrected chi connectivity index (χ4v) is 3.03. The van der Waals surface area contributed by atoms with Crippen LogP contribution in [0.25, 0.3) is 0 Å². The van der Waals surface area contributed by atoms with Gasteiger partial charge in [0.05, 0.1) is 6.10 Å². The Morgan fingerprint density at radius 1 is 1.20 bits per heavy atom. The fraction of sp³-hybridized carbons (Fsp3) is 0.250. The second-order valence-corrected chi connectivity index (χ2v) is 6.13. The zero-order valence-corrected chi connectivity index (χ0v) is 12.6. The summed E-state index contributed by atoms with van der Waals surface area (Å²) in [6.07, 6.45) is 1.94. The van der Waals surface area contributed by atoms with E-state index in [9.17, 15) is 5.11 Å². The van der Waals surface area contributed by atoms with Gasteiger partial charge in [0.2, 0.25) is 0 Å². The fourth-order valence-electron chi connectivity index (χ4n) is 2.44. The molecule has 0 fully saturated rings. The molecule has 2 aromatic rings. The predicted molar refractivity (Wildman–Crippen MR) is 82.6 cm³/mol. The lowest BCUT2D eigenvalue weighted by Gasteiger charge is -2.30. The van der Waals surface area contributed by atoms with E-state index in [1.807, 2.05) is 6.07 Å². The Labute approximate surface area is 127 Å². The van der Waals surface area contributed by atoms with Crippen LogP contribution in [-0.2, 0) is 0 Å². The maximum absolute atomic E-state index is 10.3. The molecule has 0 radical (unpaired) electrons. The van der Waals surface area contributed by atoms with E-state index >= 15 is 0 Å². The van der Waals surface area contributed by atoms with Crippen molar-refractivity contribution in [2.24, 2.45) is 0 Å². The lowest BCUT2D eigenvalue weighted by atomic mass is 9.95. The highest BCUT2D eigenvalue weighted by atomic mass is 35.5. The lowest BCUT2D eigenvalue weighted by Crippen LogP contribution is -2.18. The van der Waals surface area contributed by atoms with Gasteiger partial charge < -0.3 is 9.84 Å². The van der Waals surface area contributed by atoms with Gasteiger partial charge >= 0.3 is 0 Å². The van der Waals surface area contributed by atoms with Crippen LogP contribution in [0.3, 0.4) is 0 Å². The summed E-state index contributed by atoms with van der Waals surface area (Å²) in [5.74, 6) is 0.715. The van der Waals surface area contributed by atoms with Gasteiger partial charge in [-0.25, -0.2) is 0 Å². The normalized spacial score (nSPS) is 21.1. The second kappa shape index (κ2) is 5.68. The molecule has 3 rings (SSSR count). The Bertz CT molecular complexity index is 612. The van der Waals surface area contributed by atoms with Crippen molar-refractivity contribution in [3.63, 3.8) is 0 Å². The number of benzene rings is 2. The zero-order valence-electron chi connectivity index (χ0n) is 11.0. The number of halogens is 1. The first kappa shape index (κ1) is 13.8. The summed E-state index contributed by atoms with van der Waals surface area (Å²) in [5.41, 5.74) is 1.86. The number of rotatable bonds is 2. The summed E-state index contributed by atoms with van der Waals surface area (Å²) in [6.45, 7) is 0. The highest BCUT2D eigenvalue weighted by molar-refractivity contribution is 7.98. The van der Waals surface area contributed by atoms with Crippen molar-refractivity contribution >= 4 is 23.4 Å². The lowest BCUT2D eigenvalue weighted by molar-refractivity contribution is 0.0657. The Hall–Kier alpha value is -1.16. The molecule has 4 heteroatoms. The quantitative estimate of drug-likeness (QED) is 0.821. The van der Waals surface area contributed by atoms with Crippen molar-refractivity contribution in [2.75, 3.05) is 6.26 Å². The Morgan fingerprint density at radius 3 is 2.65 bits per heavy atom. The number of aliphatic hydroxyl groups excluding tert-OH is 1. The third-order valence-electron chi connectivity index (χ3n) is 3.52. The number of thioether (sulfide) groups is 1. The molecule has 0 spiro atoms. The van der Waals surface area contributed by atoms with Gasteiger partial charge in [0.1, 0.15) is 11.9 Å². The number of aliphatic hydroxyl groups is 1. The molecular weight excluding hydrogens is 292 g/mol. The summed E-state index contributed by atoms with van der Waals surface area (Å²) in [6, 6.07) is 13.7. The molecule has 2 nitrogen and oxygen atoms in total. The largest absolute Gasteiger partial charge is 0.485 e. The van der Waals surface area contributed by atoms with Crippen LogP contribution in [0.4, 0.5) is 0 Å². The van der Waals surface area contributed by atoms with Gasteiger partial charge in [-0.15, -0.1) is 11.8 Å². The van der Waals surface area contributed by atoms with Crippen LogP contribution in [0.5, 0.6) is 5.75 Å². The van der Waals surface area contributed by atoms with E-state index in [0.29, 0.717) is 17.2 Å². The molecule has 0 aromatic heterocycles. The van der Waals surface area contributed by atoms with Crippen molar-refractivity contribution in [3.05, 3.63) is 58.6 Å². The van der Waals surface area contributed by atoms with Crippen molar-refractivity contribution < 1.29 is 9.84 Å². The standard InChI is InChI=1S/C16H15ClO2S/c1-20-12-5-2-10(3-6-12)16-9-14(18)13-8-11(17)4-7-15(13)19-16/h2-8,14,16,18H,9H2,1H3. The molecule has 2 aromatic carbocycles. The molecule has 2 atom stereocenters. The van der Waals surface area contributed by atoms with Gasteiger partial charge in [-0.2, -0.15) is 0 Å². The average molecular weight is 307 g/mol. The molecule has 1 N–H and O–H groups in total. The first-order valence-corrected chi connectivity index (χ1v) is 8.06. The third kappa shape index (κ3) is 2.66. The molecular formula is C16H15ClO2S.